The van der Waals surface area contributed by atoms with Crippen LogP contribution in [0.4, 0.5) is 0 Å². The smallest absolute Gasteiger partial charge is 0.119 e. The minimum atomic E-state index is 0.564. The molecule has 0 saturated carbocycles. The molecule has 1 N–H and O–H groups in total. The number of hydrogen-bond acceptors (Lipinski definition) is 3. The number of nitriles is 1. The highest BCUT2D eigenvalue weighted by atomic mass is 16.5. The molecule has 0 fully saturated rings. The van der Waals surface area contributed by atoms with E-state index in [0.29, 0.717) is 18.6 Å². The molecule has 0 unspecified atom stereocenters. The summed E-state index contributed by atoms with van der Waals surface area (Å²) in [5.74, 6) is 1.72. The maximum Gasteiger partial charge on any atom is 0.119 e. The van der Waals surface area contributed by atoms with E-state index < -0.39 is 0 Å². The number of ether oxygens (including phenoxy) is 1. The second-order valence-corrected chi connectivity index (χ2v) is 4.44. The Morgan fingerprint density at radius 2 is 2.00 bits per heavy atom. The van der Waals surface area contributed by atoms with Crippen LogP contribution in [-0.2, 0) is 6.42 Å². The molecule has 0 aliphatic heterocycles. The van der Waals surface area contributed by atoms with Crippen LogP contribution in [0.25, 0.3) is 11.0 Å². The molecule has 2 aromatic carbocycles. The van der Waals surface area contributed by atoms with E-state index in [1.807, 2.05) is 42.5 Å². The van der Waals surface area contributed by atoms with E-state index in [1.165, 1.54) is 0 Å². The Morgan fingerprint density at radius 1 is 1.15 bits per heavy atom. The zero-order valence-electron chi connectivity index (χ0n) is 10.8. The van der Waals surface area contributed by atoms with Crippen molar-refractivity contribution in [1.29, 1.82) is 5.26 Å². The number of imidazole rings is 1. The monoisotopic (exact) mass is 263 g/mol. The lowest BCUT2D eigenvalue weighted by molar-refractivity contribution is 0.319. The van der Waals surface area contributed by atoms with Gasteiger partial charge in [0.15, 0.2) is 0 Å². The fraction of sp³-hybridized carbons (Fsp3) is 0.125. The average Bonchev–Trinajstić information content (AvgIpc) is 2.90. The van der Waals surface area contributed by atoms with Crippen molar-refractivity contribution in [3.8, 4) is 11.8 Å². The minimum Gasteiger partial charge on any atom is -0.493 e. The van der Waals surface area contributed by atoms with Gasteiger partial charge in [-0.15, -0.1) is 0 Å². The molecule has 3 rings (SSSR count). The van der Waals surface area contributed by atoms with Crippen molar-refractivity contribution in [2.45, 2.75) is 6.42 Å². The summed E-state index contributed by atoms with van der Waals surface area (Å²) in [5.41, 5.74) is 2.39. The first-order valence-corrected chi connectivity index (χ1v) is 6.42. The Morgan fingerprint density at radius 3 is 2.80 bits per heavy atom. The summed E-state index contributed by atoms with van der Waals surface area (Å²) in [6.07, 6.45) is 0.700. The van der Waals surface area contributed by atoms with Crippen molar-refractivity contribution >= 4 is 11.0 Å². The van der Waals surface area contributed by atoms with Crippen molar-refractivity contribution in [3.63, 3.8) is 0 Å². The molecule has 0 bridgehead atoms. The summed E-state index contributed by atoms with van der Waals surface area (Å²) in [6, 6.07) is 17.3. The predicted molar refractivity (Wildman–Crippen MR) is 76.4 cm³/mol. The van der Waals surface area contributed by atoms with Crippen molar-refractivity contribution in [2.24, 2.45) is 0 Å². The number of para-hydroxylation sites is 1. The highest BCUT2D eigenvalue weighted by molar-refractivity contribution is 5.76. The van der Waals surface area contributed by atoms with Gasteiger partial charge in [-0.3, -0.25) is 0 Å². The standard InChI is InChI=1S/C16H13N3O/c17-11-12-6-7-14-15(10-12)19-16(18-14)8-9-20-13-4-2-1-3-5-13/h1-7,10H,8-9H2,(H,18,19). The lowest BCUT2D eigenvalue weighted by Gasteiger charge is -2.03. The Kier molecular flexibility index (Phi) is 3.34. The molecule has 0 spiro atoms. The van der Waals surface area contributed by atoms with Crippen LogP contribution in [0.3, 0.4) is 0 Å². The van der Waals surface area contributed by atoms with E-state index in [2.05, 4.69) is 16.0 Å². The largest absolute Gasteiger partial charge is 0.493 e. The molecule has 1 heterocycles. The quantitative estimate of drug-likeness (QED) is 0.787. The van der Waals surface area contributed by atoms with Gasteiger partial charge in [-0.25, -0.2) is 4.98 Å². The van der Waals surface area contributed by atoms with Crippen LogP contribution in [0.5, 0.6) is 5.75 Å². The summed E-state index contributed by atoms with van der Waals surface area (Å²) in [6.45, 7) is 0.564. The third kappa shape index (κ3) is 2.62. The van der Waals surface area contributed by atoms with Gasteiger partial charge in [0.05, 0.1) is 29.3 Å². The van der Waals surface area contributed by atoms with Gasteiger partial charge in [0.2, 0.25) is 0 Å². The molecule has 0 amide bonds. The predicted octanol–water partition coefficient (Wildman–Crippen LogP) is 3.06. The van der Waals surface area contributed by atoms with E-state index in [4.69, 9.17) is 10.00 Å². The summed E-state index contributed by atoms with van der Waals surface area (Å²) in [4.78, 5) is 7.69. The first-order valence-electron chi connectivity index (χ1n) is 6.42. The lowest BCUT2D eigenvalue weighted by atomic mass is 10.2. The Hall–Kier alpha value is -2.80. The molecule has 0 saturated heterocycles. The number of fused-ring (bicyclic) bond motifs is 1. The Labute approximate surface area is 116 Å². The number of nitrogens with one attached hydrogen (secondary N) is 1. The van der Waals surface area contributed by atoms with Crippen molar-refractivity contribution < 1.29 is 4.74 Å². The van der Waals surface area contributed by atoms with E-state index in [1.54, 1.807) is 6.07 Å². The second-order valence-electron chi connectivity index (χ2n) is 4.44. The molecule has 0 aliphatic carbocycles. The van der Waals surface area contributed by atoms with Gasteiger partial charge in [-0.05, 0) is 30.3 Å². The molecule has 20 heavy (non-hydrogen) atoms. The van der Waals surface area contributed by atoms with Crippen LogP contribution < -0.4 is 4.74 Å². The van der Waals surface area contributed by atoms with Crippen LogP contribution in [0.15, 0.2) is 48.5 Å². The Balaban J connectivity index is 1.67. The fourth-order valence-corrected chi connectivity index (χ4v) is 2.03. The van der Waals surface area contributed by atoms with E-state index in [9.17, 15) is 0 Å². The number of hydrogen-bond donors (Lipinski definition) is 1. The fourth-order valence-electron chi connectivity index (χ4n) is 2.03. The maximum absolute atomic E-state index is 8.87. The third-order valence-electron chi connectivity index (χ3n) is 3.01. The summed E-state index contributed by atoms with van der Waals surface area (Å²) in [7, 11) is 0. The lowest BCUT2D eigenvalue weighted by Crippen LogP contribution is -2.02. The molecule has 4 nitrogen and oxygen atoms in total. The number of benzene rings is 2. The topological polar surface area (TPSA) is 61.7 Å². The van der Waals surface area contributed by atoms with Crippen LogP contribution in [0.2, 0.25) is 0 Å². The highest BCUT2D eigenvalue weighted by Gasteiger charge is 2.04. The number of aromatic nitrogens is 2. The molecular weight excluding hydrogens is 250 g/mol. The summed E-state index contributed by atoms with van der Waals surface area (Å²) in [5, 5.41) is 8.87. The van der Waals surface area contributed by atoms with Crippen LogP contribution in [0.1, 0.15) is 11.4 Å². The molecule has 3 aromatic rings. The molecular formula is C16H13N3O. The van der Waals surface area contributed by atoms with Crippen molar-refractivity contribution in [1.82, 2.24) is 9.97 Å². The average molecular weight is 263 g/mol. The number of nitrogens with zero attached hydrogens (tertiary/aromatic N) is 2. The summed E-state index contributed by atoms with van der Waals surface area (Å²) >= 11 is 0. The molecule has 0 aliphatic rings. The molecule has 0 radical (unpaired) electrons. The van der Waals surface area contributed by atoms with Crippen molar-refractivity contribution in [2.75, 3.05) is 6.61 Å². The maximum atomic E-state index is 8.87. The second kappa shape index (κ2) is 5.45. The van der Waals surface area contributed by atoms with Gasteiger partial charge in [0.1, 0.15) is 11.6 Å². The zero-order valence-corrected chi connectivity index (χ0v) is 10.8. The van der Waals surface area contributed by atoms with E-state index in [0.717, 1.165) is 22.6 Å². The van der Waals surface area contributed by atoms with Crippen LogP contribution in [-0.4, -0.2) is 16.6 Å². The van der Waals surface area contributed by atoms with Gasteiger partial charge in [0, 0.05) is 6.42 Å². The summed E-state index contributed by atoms with van der Waals surface area (Å²) < 4.78 is 5.64. The van der Waals surface area contributed by atoms with Crippen LogP contribution in [0, 0.1) is 11.3 Å². The number of H-pyrrole nitrogens is 1. The van der Waals surface area contributed by atoms with Gasteiger partial charge in [-0.1, -0.05) is 18.2 Å². The van der Waals surface area contributed by atoms with Gasteiger partial charge in [-0.2, -0.15) is 5.26 Å². The van der Waals surface area contributed by atoms with Gasteiger partial charge in [0.25, 0.3) is 0 Å². The molecule has 4 heteroatoms. The minimum absolute atomic E-state index is 0.564. The van der Waals surface area contributed by atoms with E-state index in [-0.39, 0.29) is 0 Å². The first-order chi connectivity index (χ1) is 9.85. The number of aromatic amines is 1. The highest BCUT2D eigenvalue weighted by Crippen LogP contribution is 2.14. The van der Waals surface area contributed by atoms with Gasteiger partial charge < -0.3 is 9.72 Å². The number of rotatable bonds is 4. The zero-order chi connectivity index (χ0) is 13.8. The third-order valence-corrected chi connectivity index (χ3v) is 3.01. The molecule has 1 aromatic heterocycles. The Bertz CT molecular complexity index is 756. The molecule has 0 atom stereocenters. The van der Waals surface area contributed by atoms with Gasteiger partial charge >= 0.3 is 0 Å². The first kappa shape index (κ1) is 12.2. The normalized spacial score (nSPS) is 10.3. The SMILES string of the molecule is N#Cc1ccc2nc(CCOc3ccccc3)[nH]c2c1. The molecule has 98 valence electrons. The van der Waals surface area contributed by atoms with Crippen molar-refractivity contribution in [3.05, 3.63) is 59.9 Å². The van der Waals surface area contributed by atoms with E-state index >= 15 is 0 Å². The van der Waals surface area contributed by atoms with Crippen LogP contribution >= 0.6 is 0 Å².